The topological polar surface area (TPSA) is 102 Å². The third-order valence-corrected chi connectivity index (χ3v) is 6.29. The average molecular weight is 483 g/mol. The lowest BCUT2D eigenvalue weighted by atomic mass is 10.1. The van der Waals surface area contributed by atoms with Crippen LogP contribution in [-0.2, 0) is 6.42 Å². The van der Waals surface area contributed by atoms with Crippen LogP contribution in [0.1, 0.15) is 24.6 Å². The zero-order valence-electron chi connectivity index (χ0n) is 19.6. The van der Waals surface area contributed by atoms with Crippen molar-refractivity contribution in [3.63, 3.8) is 0 Å². The minimum Gasteiger partial charge on any atom is -0.350 e. The first-order valence-electron chi connectivity index (χ1n) is 11.7. The van der Waals surface area contributed by atoms with Crippen LogP contribution in [0, 0.1) is 5.82 Å². The first-order chi connectivity index (χ1) is 17.7. The third-order valence-electron chi connectivity index (χ3n) is 6.29. The lowest BCUT2D eigenvalue weighted by Gasteiger charge is -2.26. The summed E-state index contributed by atoms with van der Waals surface area (Å²) in [4.78, 5) is 15.8. The molecule has 180 valence electrons. The molecule has 4 aromatic heterocycles. The monoisotopic (exact) mass is 482 g/mol. The highest BCUT2D eigenvalue weighted by Gasteiger charge is 2.19. The predicted molar refractivity (Wildman–Crippen MR) is 134 cm³/mol. The molecule has 0 amide bonds. The zero-order valence-corrected chi connectivity index (χ0v) is 19.6. The molecule has 5 heterocycles. The van der Waals surface area contributed by atoms with Crippen LogP contribution in [0.2, 0.25) is 0 Å². The second-order valence-electron chi connectivity index (χ2n) is 8.47. The summed E-state index contributed by atoms with van der Waals surface area (Å²) in [5.41, 5.74) is 5.66. The molecule has 5 aromatic rings. The van der Waals surface area contributed by atoms with E-state index >= 15 is 0 Å². The first kappa shape index (κ1) is 21.8. The molecule has 0 saturated heterocycles. The molecule has 1 aliphatic rings. The van der Waals surface area contributed by atoms with Crippen LogP contribution < -0.4 is 10.2 Å². The molecule has 1 aromatic carbocycles. The Bertz CT molecular complexity index is 1540. The fourth-order valence-corrected chi connectivity index (χ4v) is 4.30. The van der Waals surface area contributed by atoms with Crippen molar-refractivity contribution in [1.29, 1.82) is 0 Å². The first-order valence-corrected chi connectivity index (χ1v) is 11.7. The summed E-state index contributed by atoms with van der Waals surface area (Å²) in [5, 5.41) is 14.2. The largest absolute Gasteiger partial charge is 0.350 e. The molecule has 1 N–H and O–H groups in total. The average Bonchev–Trinajstić information content (AvgIpc) is 3.61. The number of benzene rings is 1. The molecule has 0 atom stereocenters. The van der Waals surface area contributed by atoms with E-state index in [0.717, 1.165) is 48.8 Å². The number of hydrogen-bond donors (Lipinski definition) is 1. The van der Waals surface area contributed by atoms with E-state index < -0.39 is 5.82 Å². The molecule has 6 rings (SSSR count). The van der Waals surface area contributed by atoms with Crippen molar-refractivity contribution in [2.75, 3.05) is 23.3 Å². The second kappa shape index (κ2) is 9.17. The summed E-state index contributed by atoms with van der Waals surface area (Å²) in [7, 11) is 0. The Labute approximate surface area is 206 Å². The molecule has 10 nitrogen and oxygen atoms in total. The number of hydrogen-bond acceptors (Lipinski definition) is 8. The van der Waals surface area contributed by atoms with E-state index in [2.05, 4.69) is 53.7 Å². The number of pyridine rings is 1. The summed E-state index contributed by atoms with van der Waals surface area (Å²) >= 11 is 0. The van der Waals surface area contributed by atoms with Crippen LogP contribution in [0.4, 0.5) is 21.7 Å². The van der Waals surface area contributed by atoms with Gasteiger partial charge >= 0.3 is 0 Å². The van der Waals surface area contributed by atoms with Crippen molar-refractivity contribution in [2.45, 2.75) is 19.8 Å². The minimum absolute atomic E-state index is 0.339. The van der Waals surface area contributed by atoms with Crippen molar-refractivity contribution in [1.82, 2.24) is 39.6 Å². The van der Waals surface area contributed by atoms with Gasteiger partial charge in [-0.05, 0) is 58.7 Å². The van der Waals surface area contributed by atoms with Crippen LogP contribution in [0.5, 0.6) is 0 Å². The van der Waals surface area contributed by atoms with E-state index in [9.17, 15) is 4.39 Å². The summed E-state index contributed by atoms with van der Waals surface area (Å²) in [6.07, 6.45) is 13.0. The van der Waals surface area contributed by atoms with E-state index in [0.29, 0.717) is 17.1 Å². The summed E-state index contributed by atoms with van der Waals surface area (Å²) < 4.78 is 18.3. The Morgan fingerprint density at radius 3 is 2.67 bits per heavy atom. The van der Waals surface area contributed by atoms with Gasteiger partial charge in [0.1, 0.15) is 12.1 Å². The van der Waals surface area contributed by atoms with Gasteiger partial charge in [-0.2, -0.15) is 0 Å². The third kappa shape index (κ3) is 4.04. The predicted octanol–water partition coefficient (Wildman–Crippen LogP) is 3.84. The molecule has 36 heavy (non-hydrogen) atoms. The van der Waals surface area contributed by atoms with Crippen molar-refractivity contribution in [2.24, 2.45) is 0 Å². The number of tetrazole rings is 1. The van der Waals surface area contributed by atoms with Gasteiger partial charge < -0.3 is 10.2 Å². The summed E-state index contributed by atoms with van der Waals surface area (Å²) in [5.74, 6) is 0.335. The van der Waals surface area contributed by atoms with E-state index in [-0.39, 0.29) is 0 Å². The van der Waals surface area contributed by atoms with Crippen LogP contribution in [0.3, 0.4) is 0 Å². The Kier molecular flexibility index (Phi) is 5.56. The van der Waals surface area contributed by atoms with Crippen molar-refractivity contribution >= 4 is 28.5 Å². The van der Waals surface area contributed by atoms with Gasteiger partial charge in [-0.15, -0.1) is 5.10 Å². The highest BCUT2D eigenvalue weighted by atomic mass is 19.1. The normalized spacial score (nSPS) is 13.7. The second-order valence-corrected chi connectivity index (χ2v) is 8.47. The highest BCUT2D eigenvalue weighted by molar-refractivity contribution is 5.77. The highest BCUT2D eigenvalue weighted by Crippen LogP contribution is 2.29. The van der Waals surface area contributed by atoms with Gasteiger partial charge in [0.05, 0.1) is 29.0 Å². The van der Waals surface area contributed by atoms with Crippen LogP contribution in [-0.4, -0.2) is 52.6 Å². The molecule has 11 heteroatoms. The number of imidazole rings is 1. The fourth-order valence-electron chi connectivity index (χ4n) is 4.30. The van der Waals surface area contributed by atoms with Crippen molar-refractivity contribution in [3.8, 4) is 5.69 Å². The molecule has 0 unspecified atom stereocenters. The summed E-state index contributed by atoms with van der Waals surface area (Å²) in [6, 6.07) is 8.60. The maximum absolute atomic E-state index is 14.8. The van der Waals surface area contributed by atoms with Crippen molar-refractivity contribution in [3.05, 3.63) is 84.6 Å². The number of halogens is 1. The number of nitrogens with one attached hydrogen (secondary N) is 1. The fraction of sp³-hybridized carbons (Fsp3) is 0.200. The molecule has 1 aliphatic heterocycles. The van der Waals surface area contributed by atoms with Crippen LogP contribution in [0.25, 0.3) is 16.9 Å². The van der Waals surface area contributed by atoms with Crippen LogP contribution in [0.15, 0.2) is 67.5 Å². The smallest absolute Gasteiger partial charge is 0.225 e. The minimum atomic E-state index is -0.416. The Balaban J connectivity index is 1.23. The Morgan fingerprint density at radius 2 is 1.94 bits per heavy atom. The maximum atomic E-state index is 14.8. The summed E-state index contributed by atoms with van der Waals surface area (Å²) in [6.45, 7) is 3.64. The number of aromatic nitrogens is 8. The molecular weight excluding hydrogens is 459 g/mol. The van der Waals surface area contributed by atoms with Gasteiger partial charge in [0, 0.05) is 37.7 Å². The number of nitrogens with zero attached hydrogens (tertiary/aromatic N) is 9. The Morgan fingerprint density at radius 1 is 1.06 bits per heavy atom. The molecule has 0 bridgehead atoms. The van der Waals surface area contributed by atoms with E-state index in [1.807, 2.05) is 41.3 Å². The van der Waals surface area contributed by atoms with Gasteiger partial charge in [-0.1, -0.05) is 13.0 Å². The molecular formula is C25H23FN10. The standard InChI is InChI=1S/C25H23FN10/c1-2-17-13-28-25(29-14-17)34-10-7-18(8-11-34)23-15-27-24-22(4-3-9-35(23)24)31-21-6-5-19(12-20(21)26)36-16-30-32-33-36/h3-7,9,12-16,31H,2,8,10-11H2,1H3. The van der Waals surface area contributed by atoms with Crippen LogP contribution >= 0.6 is 0 Å². The molecule has 0 radical (unpaired) electrons. The number of rotatable bonds is 6. The van der Waals surface area contributed by atoms with Gasteiger partial charge in [-0.25, -0.2) is 24.0 Å². The van der Waals surface area contributed by atoms with Gasteiger partial charge in [0.2, 0.25) is 5.95 Å². The number of fused-ring (bicyclic) bond motifs is 1. The van der Waals surface area contributed by atoms with Gasteiger partial charge in [0.15, 0.2) is 5.65 Å². The molecule has 0 fully saturated rings. The van der Waals surface area contributed by atoms with Gasteiger partial charge in [-0.3, -0.25) is 4.40 Å². The molecule has 0 saturated carbocycles. The van der Waals surface area contributed by atoms with E-state index in [4.69, 9.17) is 0 Å². The maximum Gasteiger partial charge on any atom is 0.225 e. The number of anilines is 3. The SMILES string of the molecule is CCc1cnc(N2CC=C(c3cnc4c(Nc5ccc(-n6cnnn6)cc5F)cccn34)CC2)nc1. The van der Waals surface area contributed by atoms with Gasteiger partial charge in [0.25, 0.3) is 0 Å². The quantitative estimate of drug-likeness (QED) is 0.390. The lowest BCUT2D eigenvalue weighted by Crippen LogP contribution is -2.30. The van der Waals surface area contributed by atoms with E-state index in [1.165, 1.54) is 22.6 Å². The Hall–Kier alpha value is -4.67. The van der Waals surface area contributed by atoms with Crippen molar-refractivity contribution < 1.29 is 4.39 Å². The van der Waals surface area contributed by atoms with E-state index in [1.54, 1.807) is 12.1 Å². The number of aryl methyl sites for hydroxylation is 1. The zero-order chi connectivity index (χ0) is 24.5. The lowest BCUT2D eigenvalue weighted by molar-refractivity contribution is 0.629. The molecule has 0 spiro atoms. The molecule has 0 aliphatic carbocycles.